The Kier molecular flexibility index (Phi) is 4.57. The standard InChI is InChI=1S/C15H18N4/c1-13-5-4-6-14(11-16)15(13)18-7-2-3-9-19-10-8-17-12-19/h4-6,8,10,12,18H,2-3,7,9H2,1H3. The molecule has 4 heteroatoms. The van der Waals surface area contributed by atoms with E-state index in [0.717, 1.165) is 42.7 Å². The van der Waals surface area contributed by atoms with E-state index in [0.29, 0.717) is 0 Å². The molecular weight excluding hydrogens is 236 g/mol. The summed E-state index contributed by atoms with van der Waals surface area (Å²) in [6.45, 7) is 3.89. The quantitative estimate of drug-likeness (QED) is 0.806. The van der Waals surface area contributed by atoms with E-state index < -0.39 is 0 Å². The van der Waals surface area contributed by atoms with Crippen LogP contribution in [0.2, 0.25) is 0 Å². The van der Waals surface area contributed by atoms with Gasteiger partial charge in [0.05, 0.1) is 17.6 Å². The summed E-state index contributed by atoms with van der Waals surface area (Å²) in [6, 6.07) is 8.01. The monoisotopic (exact) mass is 254 g/mol. The lowest BCUT2D eigenvalue weighted by Crippen LogP contribution is -2.06. The Hall–Kier alpha value is -2.28. The fourth-order valence-corrected chi connectivity index (χ4v) is 2.05. The molecule has 0 unspecified atom stereocenters. The van der Waals surface area contributed by atoms with E-state index in [1.54, 1.807) is 6.20 Å². The highest BCUT2D eigenvalue weighted by Crippen LogP contribution is 2.19. The molecule has 1 aromatic heterocycles. The van der Waals surface area contributed by atoms with Crippen molar-refractivity contribution < 1.29 is 0 Å². The Bertz CT molecular complexity index is 552. The van der Waals surface area contributed by atoms with E-state index in [2.05, 4.69) is 20.9 Å². The molecule has 4 nitrogen and oxygen atoms in total. The summed E-state index contributed by atoms with van der Waals surface area (Å²) in [7, 11) is 0. The third-order valence-corrected chi connectivity index (χ3v) is 3.10. The highest BCUT2D eigenvalue weighted by atomic mass is 15.0. The van der Waals surface area contributed by atoms with Crippen LogP contribution in [0.1, 0.15) is 24.0 Å². The molecule has 0 radical (unpaired) electrons. The topological polar surface area (TPSA) is 53.6 Å². The molecule has 1 aromatic carbocycles. The molecule has 1 heterocycles. The first kappa shape index (κ1) is 13.2. The summed E-state index contributed by atoms with van der Waals surface area (Å²) < 4.78 is 2.08. The van der Waals surface area contributed by atoms with Gasteiger partial charge in [0.25, 0.3) is 0 Å². The number of nitrogens with one attached hydrogen (secondary N) is 1. The maximum absolute atomic E-state index is 9.07. The van der Waals surface area contributed by atoms with Crippen LogP contribution in [0, 0.1) is 18.3 Å². The molecule has 0 atom stereocenters. The molecule has 2 aromatic rings. The number of para-hydroxylation sites is 1. The Morgan fingerprint density at radius 2 is 2.26 bits per heavy atom. The summed E-state index contributed by atoms with van der Waals surface area (Å²) in [6.07, 6.45) is 7.77. The predicted molar refractivity (Wildman–Crippen MR) is 75.8 cm³/mol. The first-order valence-electron chi connectivity index (χ1n) is 6.50. The predicted octanol–water partition coefficient (Wildman–Crippen LogP) is 2.96. The van der Waals surface area contributed by atoms with Crippen LogP contribution in [0.3, 0.4) is 0 Å². The highest BCUT2D eigenvalue weighted by Gasteiger charge is 2.03. The molecule has 98 valence electrons. The molecule has 0 aliphatic carbocycles. The Morgan fingerprint density at radius 3 is 3.00 bits per heavy atom. The summed E-state index contributed by atoms with van der Waals surface area (Å²) >= 11 is 0. The van der Waals surface area contributed by atoms with Gasteiger partial charge in [-0.15, -0.1) is 0 Å². The molecule has 0 aliphatic rings. The first-order chi connectivity index (χ1) is 9.31. The van der Waals surface area contributed by atoms with E-state index in [4.69, 9.17) is 5.26 Å². The number of aryl methyl sites for hydroxylation is 2. The van der Waals surface area contributed by atoms with Gasteiger partial charge in [0.1, 0.15) is 6.07 Å². The van der Waals surface area contributed by atoms with Gasteiger partial charge in [-0.3, -0.25) is 0 Å². The van der Waals surface area contributed by atoms with Gasteiger partial charge in [0.2, 0.25) is 0 Å². The van der Waals surface area contributed by atoms with Gasteiger partial charge < -0.3 is 9.88 Å². The number of benzene rings is 1. The van der Waals surface area contributed by atoms with Crippen LogP contribution in [0.25, 0.3) is 0 Å². The minimum atomic E-state index is 0.717. The average Bonchev–Trinajstić information content (AvgIpc) is 2.93. The minimum absolute atomic E-state index is 0.717. The Labute approximate surface area is 113 Å². The highest BCUT2D eigenvalue weighted by molar-refractivity contribution is 5.62. The van der Waals surface area contributed by atoms with Crippen LogP contribution in [0.5, 0.6) is 0 Å². The van der Waals surface area contributed by atoms with Crippen molar-refractivity contribution in [3.05, 3.63) is 48.0 Å². The Balaban J connectivity index is 1.78. The summed E-state index contributed by atoms with van der Waals surface area (Å²) in [5, 5.41) is 12.4. The molecule has 0 amide bonds. The smallest absolute Gasteiger partial charge is 0.101 e. The second-order valence-corrected chi connectivity index (χ2v) is 4.54. The van der Waals surface area contributed by atoms with Crippen LogP contribution in [-0.4, -0.2) is 16.1 Å². The van der Waals surface area contributed by atoms with Gasteiger partial charge in [-0.05, 0) is 31.4 Å². The number of hydrogen-bond donors (Lipinski definition) is 1. The number of anilines is 1. The summed E-state index contributed by atoms with van der Waals surface area (Å²) in [5.41, 5.74) is 2.80. The summed E-state index contributed by atoms with van der Waals surface area (Å²) in [5.74, 6) is 0. The van der Waals surface area contributed by atoms with Crippen molar-refractivity contribution in [2.24, 2.45) is 0 Å². The maximum atomic E-state index is 9.07. The van der Waals surface area contributed by atoms with Crippen molar-refractivity contribution >= 4 is 5.69 Å². The third-order valence-electron chi connectivity index (χ3n) is 3.10. The molecule has 2 rings (SSSR count). The summed E-state index contributed by atoms with van der Waals surface area (Å²) in [4.78, 5) is 4.01. The third kappa shape index (κ3) is 3.59. The number of nitrogens with zero attached hydrogens (tertiary/aromatic N) is 3. The molecule has 0 saturated carbocycles. The molecule has 1 N–H and O–H groups in total. The van der Waals surface area contributed by atoms with E-state index in [1.807, 2.05) is 37.6 Å². The largest absolute Gasteiger partial charge is 0.384 e. The van der Waals surface area contributed by atoms with E-state index in [-0.39, 0.29) is 0 Å². The SMILES string of the molecule is Cc1cccc(C#N)c1NCCCCn1ccnc1. The van der Waals surface area contributed by atoms with Crippen molar-refractivity contribution in [2.45, 2.75) is 26.3 Å². The number of rotatable bonds is 6. The molecule has 0 bridgehead atoms. The van der Waals surface area contributed by atoms with E-state index in [9.17, 15) is 0 Å². The fraction of sp³-hybridized carbons (Fsp3) is 0.333. The normalized spacial score (nSPS) is 10.1. The number of hydrogen-bond acceptors (Lipinski definition) is 3. The van der Waals surface area contributed by atoms with Gasteiger partial charge >= 0.3 is 0 Å². The molecule has 0 spiro atoms. The van der Waals surface area contributed by atoms with Crippen molar-refractivity contribution in [2.75, 3.05) is 11.9 Å². The zero-order valence-corrected chi connectivity index (χ0v) is 11.1. The molecule has 0 aliphatic heterocycles. The minimum Gasteiger partial charge on any atom is -0.384 e. The van der Waals surface area contributed by atoms with E-state index >= 15 is 0 Å². The number of imidazole rings is 1. The van der Waals surface area contributed by atoms with Crippen LogP contribution >= 0.6 is 0 Å². The number of unbranched alkanes of at least 4 members (excludes halogenated alkanes) is 1. The second kappa shape index (κ2) is 6.60. The van der Waals surface area contributed by atoms with Crippen molar-refractivity contribution in [3.63, 3.8) is 0 Å². The van der Waals surface area contributed by atoms with Gasteiger partial charge in [-0.25, -0.2) is 4.98 Å². The van der Waals surface area contributed by atoms with Gasteiger partial charge in [0, 0.05) is 25.5 Å². The second-order valence-electron chi connectivity index (χ2n) is 4.54. The molecule has 0 fully saturated rings. The zero-order chi connectivity index (χ0) is 13.5. The van der Waals surface area contributed by atoms with Crippen LogP contribution in [0.4, 0.5) is 5.69 Å². The lowest BCUT2D eigenvalue weighted by Gasteiger charge is -2.11. The molecule has 19 heavy (non-hydrogen) atoms. The molecular formula is C15H18N4. The Morgan fingerprint density at radius 1 is 1.37 bits per heavy atom. The van der Waals surface area contributed by atoms with Crippen LogP contribution in [0.15, 0.2) is 36.9 Å². The van der Waals surface area contributed by atoms with E-state index in [1.165, 1.54) is 0 Å². The van der Waals surface area contributed by atoms with Crippen molar-refractivity contribution in [1.29, 1.82) is 5.26 Å². The fourth-order valence-electron chi connectivity index (χ4n) is 2.05. The van der Waals surface area contributed by atoms with Gasteiger partial charge in [-0.2, -0.15) is 5.26 Å². The number of aromatic nitrogens is 2. The number of nitriles is 1. The maximum Gasteiger partial charge on any atom is 0.101 e. The lowest BCUT2D eigenvalue weighted by molar-refractivity contribution is 0.621. The lowest BCUT2D eigenvalue weighted by atomic mass is 10.1. The van der Waals surface area contributed by atoms with Crippen molar-refractivity contribution in [1.82, 2.24) is 9.55 Å². The first-order valence-corrected chi connectivity index (χ1v) is 6.50. The van der Waals surface area contributed by atoms with Crippen LogP contribution < -0.4 is 5.32 Å². The van der Waals surface area contributed by atoms with Crippen LogP contribution in [-0.2, 0) is 6.54 Å². The van der Waals surface area contributed by atoms with Gasteiger partial charge in [-0.1, -0.05) is 12.1 Å². The van der Waals surface area contributed by atoms with Crippen molar-refractivity contribution in [3.8, 4) is 6.07 Å². The molecule has 0 saturated heterocycles. The van der Waals surface area contributed by atoms with Gasteiger partial charge in [0.15, 0.2) is 0 Å². The zero-order valence-electron chi connectivity index (χ0n) is 11.1. The average molecular weight is 254 g/mol.